The molecule has 2 fully saturated rings. The van der Waals surface area contributed by atoms with Crippen molar-refractivity contribution in [1.29, 1.82) is 0 Å². The summed E-state index contributed by atoms with van der Waals surface area (Å²) in [4.78, 5) is 286. The van der Waals surface area contributed by atoms with Crippen LogP contribution in [-0.4, -0.2) is 279 Å². The number of nitrogen functional groups attached to an aromatic ring is 1. The maximum atomic E-state index is 15.1. The van der Waals surface area contributed by atoms with Gasteiger partial charge < -0.3 is 126 Å². The van der Waals surface area contributed by atoms with Gasteiger partial charge in [-0.25, -0.2) is 4.79 Å². The predicted molar refractivity (Wildman–Crippen MR) is 483 cm³/mol. The van der Waals surface area contributed by atoms with Crippen LogP contribution in [0.5, 0.6) is 0 Å². The highest BCUT2D eigenvalue weighted by Crippen LogP contribution is 2.24. The number of anilines is 2. The first-order valence-electron chi connectivity index (χ1n) is 44.4. The van der Waals surface area contributed by atoms with Gasteiger partial charge in [0.25, 0.3) is 0 Å². The summed E-state index contributed by atoms with van der Waals surface area (Å²) in [5.41, 5.74) is 15.5. The summed E-state index contributed by atoms with van der Waals surface area (Å²) in [6.45, 7) is 5.69. The summed E-state index contributed by atoms with van der Waals surface area (Å²) in [6.07, 6.45) is -2.28. The summed E-state index contributed by atoms with van der Waals surface area (Å²) in [6, 6.07) is 7.22. The van der Waals surface area contributed by atoms with Gasteiger partial charge in [0.1, 0.15) is 72.6 Å². The van der Waals surface area contributed by atoms with E-state index in [0.717, 1.165) is 96.8 Å². The average Bonchev–Trinajstić information content (AvgIpc) is 1.69. The molecule has 135 heavy (non-hydrogen) atoms. The number of fused-ring (bicyclic) bond motifs is 1. The Morgan fingerprint density at radius 1 is 0.526 bits per heavy atom. The van der Waals surface area contributed by atoms with E-state index in [9.17, 15) is 107 Å². The van der Waals surface area contributed by atoms with Gasteiger partial charge in [0, 0.05) is 92.6 Å². The van der Waals surface area contributed by atoms with Crippen molar-refractivity contribution in [2.45, 2.75) is 223 Å². The SMILES string of the molecule is CCCCCCCCCC(=O)NC(Cc1c[nH]c2ccccc12)C(=O)NC(CC(N)=O)C(=O)NC(CC(=O)O)C(=O)NC1C(=O)NCC(=O)NC(CCCNCc2ccc(N3CCN(Cc4ccccc4)CC3)cc2)C(=O)NC(CC(=O)O)C(=O)NC(C)C(=O)NC(CC(=O)O)C(=O)NCC(=O)NC(CO)C(=O)NC(C(C)CC(=O)O)C(=O)NC(CC(=O)c2ccccc2N)C(=O)OC1C. The molecule has 2 aliphatic heterocycles. The Labute approximate surface area is 776 Å². The fourth-order valence-electron chi connectivity index (χ4n) is 14.9. The molecule has 14 amide bonds. The largest absolute Gasteiger partial charge is 0.481 e. The van der Waals surface area contributed by atoms with Crippen LogP contribution in [0.4, 0.5) is 11.4 Å². The number of aromatic amines is 1. The Bertz CT molecular complexity index is 5010. The number of amides is 14. The van der Waals surface area contributed by atoms with Gasteiger partial charge in [0.05, 0.1) is 51.8 Å². The molecule has 0 radical (unpaired) electrons. The first-order valence-corrected chi connectivity index (χ1v) is 44.4. The van der Waals surface area contributed by atoms with Crippen molar-refractivity contribution in [2.75, 3.05) is 63.1 Å². The first kappa shape index (κ1) is 108. The molecule has 5 aromatic rings. The number of cyclic esters (lactones) is 1. The Hall–Kier alpha value is -14.5. The van der Waals surface area contributed by atoms with Gasteiger partial charge in [-0.05, 0) is 92.6 Å². The van der Waals surface area contributed by atoms with Gasteiger partial charge in [0.2, 0.25) is 82.7 Å². The van der Waals surface area contributed by atoms with E-state index in [0.29, 0.717) is 29.3 Å². The third-order valence-corrected chi connectivity index (χ3v) is 22.3. The molecular formula is C90H121N19O26. The van der Waals surface area contributed by atoms with E-state index in [1.54, 1.807) is 30.5 Å². The number of carboxylic acids is 4. The summed E-state index contributed by atoms with van der Waals surface area (Å²) in [7, 11) is 0. The van der Waals surface area contributed by atoms with Crippen molar-refractivity contribution in [3.8, 4) is 0 Å². The topological polar surface area (TPSA) is 695 Å². The number of ether oxygens (including phenoxy) is 1. The van der Waals surface area contributed by atoms with E-state index in [4.69, 9.17) is 16.2 Å². The summed E-state index contributed by atoms with van der Waals surface area (Å²) >= 11 is 0. The number of hydrogen-bond donors (Lipinski definition) is 22. The van der Waals surface area contributed by atoms with Crippen molar-refractivity contribution in [3.05, 3.63) is 132 Å². The molecule has 1 aromatic heterocycles. The number of unbranched alkanes of at least 4 members (excludes halogenated alkanes) is 6. The van der Waals surface area contributed by atoms with Gasteiger partial charge in [-0.15, -0.1) is 0 Å². The third-order valence-electron chi connectivity index (χ3n) is 22.3. The lowest BCUT2D eigenvalue weighted by atomic mass is 9.96. The van der Waals surface area contributed by atoms with Gasteiger partial charge >= 0.3 is 29.8 Å². The molecule has 3 heterocycles. The number of aliphatic hydroxyl groups excluding tert-OH is 1. The molecule has 45 nitrogen and oxygen atoms in total. The van der Waals surface area contributed by atoms with E-state index in [-0.39, 0.29) is 50.0 Å². The normalized spacial score (nSPS) is 20.6. The number of piperazine rings is 1. The molecule has 0 spiro atoms. The van der Waals surface area contributed by atoms with E-state index < -0.39 is 255 Å². The van der Waals surface area contributed by atoms with Crippen LogP contribution < -0.4 is 90.8 Å². The Balaban J connectivity index is 1.25. The maximum absolute atomic E-state index is 15.1. The van der Waals surface area contributed by atoms with Gasteiger partial charge in [-0.3, -0.25) is 96.0 Å². The van der Waals surface area contributed by atoms with Crippen LogP contribution in [-0.2, 0) is 115 Å². The monoisotopic (exact) mass is 1880 g/mol. The minimum absolute atomic E-state index is 0.00490. The minimum Gasteiger partial charge on any atom is -0.481 e. The van der Waals surface area contributed by atoms with Crippen LogP contribution in [0.2, 0.25) is 0 Å². The number of esters is 1. The molecule has 0 saturated carbocycles. The smallest absolute Gasteiger partial charge is 0.329 e. The number of carboxylic acid groups (broad SMARTS) is 4. The number of nitrogens with zero attached hydrogens (tertiary/aromatic N) is 2. The number of para-hydroxylation sites is 2. The quantitative estimate of drug-likeness (QED) is 0.00834. The number of hydrogen-bond acceptors (Lipinski definition) is 26. The molecule has 2 saturated heterocycles. The number of H-pyrrole nitrogens is 1. The van der Waals surface area contributed by atoms with Gasteiger partial charge in [-0.2, -0.15) is 0 Å². The molecule has 0 bridgehead atoms. The van der Waals surface area contributed by atoms with Crippen LogP contribution in [0.1, 0.15) is 157 Å². The summed E-state index contributed by atoms with van der Waals surface area (Å²) < 4.78 is 5.78. The summed E-state index contributed by atoms with van der Waals surface area (Å²) in [5.74, 6) is -29.7. The van der Waals surface area contributed by atoms with Crippen molar-refractivity contribution in [1.82, 2.24) is 84.3 Å². The number of nitrogens with two attached hydrogens (primary N) is 2. The molecule has 0 aliphatic carbocycles. The second-order valence-electron chi connectivity index (χ2n) is 33.1. The Morgan fingerprint density at radius 2 is 1.09 bits per heavy atom. The lowest BCUT2D eigenvalue weighted by Crippen LogP contribution is -2.62. The molecule has 4 aromatic carbocycles. The zero-order valence-electron chi connectivity index (χ0n) is 75.3. The number of carbonyl (C=O) groups is 20. The first-order chi connectivity index (χ1) is 64.3. The fraction of sp³-hybridized carbons (Fsp3) is 0.489. The molecule has 45 heteroatoms. The van der Waals surface area contributed by atoms with E-state index in [1.165, 1.54) is 29.8 Å². The fourth-order valence-corrected chi connectivity index (χ4v) is 14.9. The Kier molecular flexibility index (Phi) is 43.4. The van der Waals surface area contributed by atoms with Crippen molar-refractivity contribution in [3.63, 3.8) is 0 Å². The minimum atomic E-state index is -2.47. The van der Waals surface area contributed by atoms with Crippen molar-refractivity contribution < 1.29 is 126 Å². The van der Waals surface area contributed by atoms with Crippen LogP contribution in [0, 0.1) is 5.92 Å². The van der Waals surface area contributed by atoms with Crippen molar-refractivity contribution >= 4 is 141 Å². The molecule has 24 N–H and O–H groups in total. The summed E-state index contributed by atoms with van der Waals surface area (Å²) in [5, 5.41) is 83.4. The number of ketones is 1. The Morgan fingerprint density at radius 3 is 1.72 bits per heavy atom. The highest BCUT2D eigenvalue weighted by molar-refractivity contribution is 6.05. The van der Waals surface area contributed by atoms with Crippen LogP contribution in [0.3, 0.4) is 0 Å². The molecule has 2 aliphatic rings. The second-order valence-corrected chi connectivity index (χ2v) is 33.1. The highest BCUT2D eigenvalue weighted by Gasteiger charge is 2.42. The lowest BCUT2D eigenvalue weighted by molar-refractivity contribution is -0.156. The lowest BCUT2D eigenvalue weighted by Gasteiger charge is -2.36. The highest BCUT2D eigenvalue weighted by atomic mass is 16.5. The molecule has 7 rings (SSSR count). The van der Waals surface area contributed by atoms with Crippen molar-refractivity contribution in [2.24, 2.45) is 11.7 Å². The van der Waals surface area contributed by atoms with E-state index in [2.05, 4.69) is 97.6 Å². The molecule has 13 unspecified atom stereocenters. The maximum Gasteiger partial charge on any atom is 0.329 e. The zero-order chi connectivity index (χ0) is 99.0. The second kappa shape index (κ2) is 54.5. The number of rotatable bonds is 41. The van der Waals surface area contributed by atoms with Crippen LogP contribution in [0.15, 0.2) is 109 Å². The molecule has 13 atom stereocenters. The van der Waals surface area contributed by atoms with Gasteiger partial charge in [0.15, 0.2) is 5.78 Å². The molecular weight excluding hydrogens is 1760 g/mol. The average molecular weight is 1890 g/mol. The number of carbonyl (C=O) groups excluding carboxylic acids is 16. The number of aliphatic hydroxyl groups is 1. The number of aromatic nitrogens is 1. The van der Waals surface area contributed by atoms with Crippen LogP contribution in [0.25, 0.3) is 10.9 Å². The van der Waals surface area contributed by atoms with Crippen LogP contribution >= 0.6 is 0 Å². The number of primary amides is 1. The number of benzene rings is 4. The number of aliphatic carboxylic acids is 4. The number of nitrogens with one attached hydrogen (secondary N) is 15. The van der Waals surface area contributed by atoms with Gasteiger partial charge in [-0.1, -0.05) is 125 Å². The third kappa shape index (κ3) is 36.2. The predicted octanol–water partition coefficient (Wildman–Crippen LogP) is -2.47. The van der Waals surface area contributed by atoms with E-state index in [1.807, 2.05) is 53.1 Å². The standard InChI is InChI=1S/C90H121N19O26/c1-5-6-7-8-9-10-14-27-71(113)99-62(38-55-45-94-60-25-18-16-22-57(55)60)84(128)102-63(40-70(92)112)85(129)104-66(43-77(122)123)86(130)107-79-52(4)135-90(134)67(39-69(111)58-23-15-17-24-59(58)91)105-89(133)78(50(2)37-74(116)117)106-87(131)68(49-110)100-73(115)46-95-81(125)64(41-75(118)119)101-80(124)51(3)97-83(127)65(42-76(120)121)103-82(126)61(98-72(114)47-96-88(79)132)26-19-32-93-44-53-28-30-56(31-29-53)109-35-33-108(34-36-109)48-54-20-12-11-13-21-54/h11-13,15-18,20-25,28-31,45,50-52,61-68,78-79,93-94,110H,5-10,14,19,26-27,32-44,46-49,91H2,1-4H3,(H2,92,112)(H,95,125)(H,96,132)(H,97,127)(H,98,114)(H,99,113)(H,100,115)(H,101,124)(H,102,128)(H,103,126)(H,104,129)(H,105,133)(H,106,131)(H,107,130)(H,116,117)(H,118,119)(H,120,121)(H,122,123). The van der Waals surface area contributed by atoms with E-state index >= 15 is 14.4 Å². The number of Topliss-reactive ketones (excluding diaryl/α,β-unsaturated/α-hetero) is 1. The molecule has 732 valence electrons. The zero-order valence-corrected chi connectivity index (χ0v) is 75.3.